The van der Waals surface area contributed by atoms with Crippen molar-refractivity contribution in [3.63, 3.8) is 0 Å². The molecule has 182 valence electrons. The Hall–Kier alpha value is -3.02. The highest BCUT2D eigenvalue weighted by molar-refractivity contribution is 7.89. The Morgan fingerprint density at radius 3 is 2.35 bits per heavy atom. The van der Waals surface area contributed by atoms with Gasteiger partial charge < -0.3 is 24.3 Å². The minimum Gasteiger partial charge on any atom is -0.486 e. The second-order valence-electron chi connectivity index (χ2n) is 8.39. The molecule has 5 rings (SSSR count). The summed E-state index contributed by atoms with van der Waals surface area (Å²) >= 11 is 0. The van der Waals surface area contributed by atoms with Crippen LogP contribution in [0.4, 0.5) is 0 Å². The zero-order valence-corrected chi connectivity index (χ0v) is 19.7. The Morgan fingerprint density at radius 1 is 0.912 bits per heavy atom. The molecule has 11 heteroatoms. The van der Waals surface area contributed by atoms with Crippen molar-refractivity contribution < 1.29 is 32.2 Å². The second-order valence-corrected chi connectivity index (χ2v) is 10.3. The second kappa shape index (κ2) is 9.32. The predicted molar refractivity (Wildman–Crippen MR) is 122 cm³/mol. The van der Waals surface area contributed by atoms with Gasteiger partial charge in [-0.1, -0.05) is 6.07 Å². The zero-order chi connectivity index (χ0) is 23.7. The van der Waals surface area contributed by atoms with Crippen LogP contribution in [0.15, 0.2) is 41.3 Å². The highest BCUT2D eigenvalue weighted by Crippen LogP contribution is 2.34. The molecule has 0 saturated carbocycles. The quantitative estimate of drug-likeness (QED) is 0.649. The van der Waals surface area contributed by atoms with Gasteiger partial charge in [-0.05, 0) is 36.8 Å². The van der Waals surface area contributed by atoms with Crippen LogP contribution < -0.4 is 24.3 Å². The molecule has 1 amide bonds. The van der Waals surface area contributed by atoms with Crippen molar-refractivity contribution in [1.82, 2.24) is 14.5 Å². The molecule has 3 heterocycles. The summed E-state index contributed by atoms with van der Waals surface area (Å²) in [7, 11) is -3.66. The Labute approximate surface area is 198 Å². The van der Waals surface area contributed by atoms with Gasteiger partial charge in [-0.25, -0.2) is 8.42 Å². The third kappa shape index (κ3) is 4.63. The van der Waals surface area contributed by atoms with Gasteiger partial charge in [0.05, 0.1) is 17.5 Å². The molecule has 1 fully saturated rings. The first-order valence-corrected chi connectivity index (χ1v) is 12.7. The first-order valence-electron chi connectivity index (χ1n) is 11.2. The molecule has 34 heavy (non-hydrogen) atoms. The van der Waals surface area contributed by atoms with E-state index in [2.05, 4.69) is 5.32 Å². The average Bonchev–Trinajstić information content (AvgIpc) is 3.32. The summed E-state index contributed by atoms with van der Waals surface area (Å²) in [5.41, 5.74) is 0.924. The molecule has 0 unspecified atom stereocenters. The number of ether oxygens (including phenoxy) is 4. The van der Waals surface area contributed by atoms with Gasteiger partial charge in [0, 0.05) is 32.2 Å². The molecule has 10 nitrogen and oxygen atoms in total. The molecular weight excluding hydrogens is 462 g/mol. The fraction of sp³-hybridized carbons (Fsp3) is 0.435. The number of nitrogens with one attached hydrogen (secondary N) is 1. The number of carbonyl (C=O) groups excluding carboxylic acids is 1. The highest BCUT2D eigenvalue weighted by Gasteiger charge is 2.30. The van der Waals surface area contributed by atoms with Gasteiger partial charge in [0.15, 0.2) is 23.0 Å². The van der Waals surface area contributed by atoms with Crippen molar-refractivity contribution in [2.45, 2.75) is 17.9 Å². The summed E-state index contributed by atoms with van der Waals surface area (Å²) < 4.78 is 49.4. The number of carbonyl (C=O) groups is 1. The monoisotopic (exact) mass is 489 g/mol. The lowest BCUT2D eigenvalue weighted by molar-refractivity contribution is -0.123. The molecule has 1 saturated heterocycles. The SMILES string of the molecule is C[C@H](NC(=O)CN1CCN(S(=O)(=O)c2ccc3c(c2)OCCO3)CC1)c1ccc2c(c1)OCO2. The molecule has 2 aromatic rings. The van der Waals surface area contributed by atoms with Crippen molar-refractivity contribution in [2.75, 3.05) is 52.7 Å². The number of sulfonamides is 1. The average molecular weight is 490 g/mol. The summed E-state index contributed by atoms with van der Waals surface area (Å²) in [5.74, 6) is 2.25. The molecule has 3 aliphatic rings. The number of nitrogens with zero attached hydrogens (tertiary/aromatic N) is 2. The summed E-state index contributed by atoms with van der Waals surface area (Å²) in [4.78, 5) is 14.7. The lowest BCUT2D eigenvalue weighted by Crippen LogP contribution is -2.51. The largest absolute Gasteiger partial charge is 0.486 e. The Balaban J connectivity index is 1.14. The Morgan fingerprint density at radius 2 is 1.56 bits per heavy atom. The first-order chi connectivity index (χ1) is 16.4. The van der Waals surface area contributed by atoms with Gasteiger partial charge in [0.1, 0.15) is 13.2 Å². The van der Waals surface area contributed by atoms with Crippen molar-refractivity contribution in [3.8, 4) is 23.0 Å². The lowest BCUT2D eigenvalue weighted by Gasteiger charge is -2.33. The fourth-order valence-electron chi connectivity index (χ4n) is 4.22. The fourth-order valence-corrected chi connectivity index (χ4v) is 5.66. The van der Waals surface area contributed by atoms with Crippen molar-refractivity contribution >= 4 is 15.9 Å². The molecule has 3 aliphatic heterocycles. The molecule has 0 radical (unpaired) electrons. The Bertz CT molecular complexity index is 1180. The van der Waals surface area contributed by atoms with Crippen LogP contribution in [0.3, 0.4) is 0 Å². The van der Waals surface area contributed by atoms with Crippen LogP contribution in [0.1, 0.15) is 18.5 Å². The maximum absolute atomic E-state index is 13.1. The van der Waals surface area contributed by atoms with E-state index in [1.807, 2.05) is 30.0 Å². The van der Waals surface area contributed by atoms with Gasteiger partial charge in [-0.3, -0.25) is 9.69 Å². The summed E-state index contributed by atoms with van der Waals surface area (Å²) in [6.45, 7) is 4.71. The van der Waals surface area contributed by atoms with E-state index in [9.17, 15) is 13.2 Å². The molecule has 1 atom stereocenters. The van der Waals surface area contributed by atoms with Gasteiger partial charge >= 0.3 is 0 Å². The molecule has 0 bridgehead atoms. The van der Waals surface area contributed by atoms with Crippen molar-refractivity contribution in [2.24, 2.45) is 0 Å². The number of piperazine rings is 1. The van der Waals surface area contributed by atoms with Crippen molar-refractivity contribution in [3.05, 3.63) is 42.0 Å². The van der Waals surface area contributed by atoms with Gasteiger partial charge in [-0.15, -0.1) is 0 Å². The molecule has 0 aliphatic carbocycles. The minimum absolute atomic E-state index is 0.117. The van der Waals surface area contributed by atoms with Gasteiger partial charge in [0.2, 0.25) is 22.7 Å². The molecule has 2 aromatic carbocycles. The summed E-state index contributed by atoms with van der Waals surface area (Å²) in [5, 5.41) is 3.00. The van der Waals surface area contributed by atoms with E-state index in [0.717, 1.165) is 5.56 Å². The van der Waals surface area contributed by atoms with Crippen molar-refractivity contribution in [1.29, 1.82) is 0 Å². The summed E-state index contributed by atoms with van der Waals surface area (Å²) in [6.07, 6.45) is 0. The predicted octanol–water partition coefficient (Wildman–Crippen LogP) is 1.37. The maximum Gasteiger partial charge on any atom is 0.243 e. The van der Waals surface area contributed by atoms with E-state index >= 15 is 0 Å². The highest BCUT2D eigenvalue weighted by atomic mass is 32.2. The number of hydrogen-bond acceptors (Lipinski definition) is 8. The normalized spacial score (nSPS) is 19.0. The van der Waals surface area contributed by atoms with Crippen LogP contribution in [0, 0.1) is 0 Å². The van der Waals surface area contributed by atoms with E-state index in [1.165, 1.54) is 10.4 Å². The van der Waals surface area contributed by atoms with Crippen LogP contribution in [-0.4, -0.2) is 76.3 Å². The van der Waals surface area contributed by atoms with Crippen LogP contribution in [0.2, 0.25) is 0 Å². The standard InChI is InChI=1S/C23H27N3O7S/c1-16(17-2-4-20-21(12-17)33-15-32-20)24-23(27)14-25-6-8-26(9-7-25)34(28,29)18-3-5-19-22(13-18)31-11-10-30-19/h2-5,12-13,16H,6-11,14-15H2,1H3,(H,24,27)/t16-/m0/s1. The number of fused-ring (bicyclic) bond motifs is 2. The molecular formula is C23H27N3O7S. The number of amides is 1. The third-order valence-electron chi connectivity index (χ3n) is 6.12. The summed E-state index contributed by atoms with van der Waals surface area (Å²) in [6, 6.07) is 10.1. The smallest absolute Gasteiger partial charge is 0.243 e. The van der Waals surface area contributed by atoms with Crippen LogP contribution in [-0.2, 0) is 14.8 Å². The minimum atomic E-state index is -3.66. The topological polar surface area (TPSA) is 107 Å². The van der Waals surface area contributed by atoms with E-state index < -0.39 is 10.0 Å². The molecule has 0 aromatic heterocycles. The number of benzene rings is 2. The van der Waals surface area contributed by atoms with E-state index in [4.69, 9.17) is 18.9 Å². The first kappa shape index (κ1) is 22.8. The molecule has 1 N–H and O–H groups in total. The van der Waals surface area contributed by atoms with Crippen LogP contribution in [0.5, 0.6) is 23.0 Å². The third-order valence-corrected chi connectivity index (χ3v) is 8.02. The number of rotatable bonds is 6. The van der Waals surface area contributed by atoms with E-state index in [1.54, 1.807) is 12.1 Å². The maximum atomic E-state index is 13.1. The number of hydrogen-bond donors (Lipinski definition) is 1. The van der Waals surface area contributed by atoms with Crippen LogP contribution in [0.25, 0.3) is 0 Å². The lowest BCUT2D eigenvalue weighted by atomic mass is 10.1. The van der Waals surface area contributed by atoms with E-state index in [0.29, 0.717) is 62.4 Å². The van der Waals surface area contributed by atoms with E-state index in [-0.39, 0.29) is 30.2 Å². The van der Waals surface area contributed by atoms with Gasteiger partial charge in [0.25, 0.3) is 0 Å². The Kier molecular flexibility index (Phi) is 6.24. The van der Waals surface area contributed by atoms with Crippen LogP contribution >= 0.6 is 0 Å². The van der Waals surface area contributed by atoms with Gasteiger partial charge in [-0.2, -0.15) is 4.31 Å². The molecule has 0 spiro atoms. The zero-order valence-electron chi connectivity index (χ0n) is 18.9.